The van der Waals surface area contributed by atoms with Gasteiger partial charge in [0.05, 0.1) is 0 Å². The van der Waals surface area contributed by atoms with Gasteiger partial charge in [0, 0.05) is 6.54 Å². The minimum atomic E-state index is 0.636. The van der Waals surface area contributed by atoms with Crippen LogP contribution in [0.2, 0.25) is 0 Å². The van der Waals surface area contributed by atoms with Crippen molar-refractivity contribution in [2.75, 3.05) is 0 Å². The molecular weight excluding hydrogens is 140 g/mol. The standard InChI is InChI=1S/C7H11BNP/c9-5-6-1-3-7(8-10)4-2-6/h1-4,8H,5,9-10H2. The summed E-state index contributed by atoms with van der Waals surface area (Å²) in [6, 6.07) is 8.35. The summed E-state index contributed by atoms with van der Waals surface area (Å²) < 4.78 is 0. The molecule has 2 N–H and O–H groups in total. The Hall–Kier alpha value is -0.325. The monoisotopic (exact) mass is 151 g/mol. The van der Waals surface area contributed by atoms with Gasteiger partial charge < -0.3 is 5.73 Å². The maximum absolute atomic E-state index is 5.44. The molecule has 0 bridgehead atoms. The van der Waals surface area contributed by atoms with Crippen LogP contribution in [0.15, 0.2) is 24.3 Å². The molecule has 0 radical (unpaired) electrons. The average molecular weight is 151 g/mol. The van der Waals surface area contributed by atoms with Gasteiger partial charge in [0.2, 0.25) is 0 Å². The van der Waals surface area contributed by atoms with Crippen LogP contribution in [0.3, 0.4) is 0 Å². The molecule has 0 heterocycles. The van der Waals surface area contributed by atoms with Crippen LogP contribution in [-0.2, 0) is 6.54 Å². The largest absolute Gasteiger partial charge is 0.326 e. The molecule has 52 valence electrons. The predicted octanol–water partition coefficient (Wildman–Crippen LogP) is -0.00280. The van der Waals surface area contributed by atoms with Gasteiger partial charge in [0.1, 0.15) is 0 Å². The summed E-state index contributed by atoms with van der Waals surface area (Å²) in [5, 5.41) is 0. The zero-order chi connectivity index (χ0) is 7.40. The smallest absolute Gasteiger partial charge is 0.180 e. The van der Waals surface area contributed by atoms with Crippen LogP contribution in [0.4, 0.5) is 0 Å². The molecule has 0 saturated carbocycles. The van der Waals surface area contributed by atoms with Crippen molar-refractivity contribution in [3.63, 3.8) is 0 Å². The number of rotatable bonds is 2. The van der Waals surface area contributed by atoms with Gasteiger partial charge in [-0.05, 0) is 5.56 Å². The molecule has 1 rings (SSSR count). The molecule has 3 heteroatoms. The second-order valence-electron chi connectivity index (χ2n) is 2.22. The average Bonchev–Trinajstić information content (AvgIpc) is 2.05. The van der Waals surface area contributed by atoms with Crippen molar-refractivity contribution in [2.24, 2.45) is 5.73 Å². The molecule has 0 aliphatic rings. The molecule has 0 aliphatic carbocycles. The molecule has 0 amide bonds. The van der Waals surface area contributed by atoms with Crippen molar-refractivity contribution in [1.82, 2.24) is 0 Å². The first-order chi connectivity index (χ1) is 4.86. The number of hydrogen-bond acceptors (Lipinski definition) is 1. The van der Waals surface area contributed by atoms with E-state index in [4.69, 9.17) is 5.73 Å². The Morgan fingerprint density at radius 1 is 1.30 bits per heavy atom. The predicted molar refractivity (Wildman–Crippen MR) is 50.8 cm³/mol. The highest BCUT2D eigenvalue weighted by molar-refractivity contribution is 7.58. The third-order valence-electron chi connectivity index (χ3n) is 1.49. The zero-order valence-corrected chi connectivity index (χ0v) is 7.03. The first kappa shape index (κ1) is 7.78. The molecular formula is C7H11BNP. The Bertz CT molecular complexity index is 174. The van der Waals surface area contributed by atoms with Crippen molar-refractivity contribution < 1.29 is 0 Å². The van der Waals surface area contributed by atoms with Gasteiger partial charge in [0.25, 0.3) is 0 Å². The molecule has 1 aromatic rings. The van der Waals surface area contributed by atoms with Crippen molar-refractivity contribution in [3.8, 4) is 0 Å². The molecule has 10 heavy (non-hydrogen) atoms. The van der Waals surface area contributed by atoms with Crippen molar-refractivity contribution >= 4 is 21.6 Å². The third kappa shape index (κ3) is 1.83. The molecule has 1 nitrogen and oxygen atoms in total. The summed E-state index contributed by atoms with van der Waals surface area (Å²) in [6.07, 6.45) is 0. The van der Waals surface area contributed by atoms with E-state index < -0.39 is 0 Å². The molecule has 1 unspecified atom stereocenters. The molecule has 1 aromatic carbocycles. The van der Waals surface area contributed by atoms with Crippen LogP contribution < -0.4 is 11.2 Å². The lowest BCUT2D eigenvalue weighted by atomic mass is 9.93. The number of benzene rings is 1. The lowest BCUT2D eigenvalue weighted by Gasteiger charge is -1.96. The van der Waals surface area contributed by atoms with Gasteiger partial charge in [-0.25, -0.2) is 0 Å². The quantitative estimate of drug-likeness (QED) is 0.467. The van der Waals surface area contributed by atoms with Gasteiger partial charge in [-0.3, -0.25) is 0 Å². The topological polar surface area (TPSA) is 26.0 Å². The van der Waals surface area contributed by atoms with Gasteiger partial charge in [-0.2, -0.15) is 9.12 Å². The Balaban J connectivity index is 2.80. The van der Waals surface area contributed by atoms with Crippen molar-refractivity contribution in [3.05, 3.63) is 29.8 Å². The van der Waals surface area contributed by atoms with E-state index in [1.54, 1.807) is 0 Å². The normalized spacial score (nSPS) is 9.40. The van der Waals surface area contributed by atoms with E-state index in [1.807, 2.05) is 0 Å². The van der Waals surface area contributed by atoms with Gasteiger partial charge in [-0.15, -0.1) is 0 Å². The van der Waals surface area contributed by atoms with Crippen LogP contribution in [0.5, 0.6) is 0 Å². The Labute approximate surface area is 64.4 Å². The van der Waals surface area contributed by atoms with Crippen LogP contribution in [0, 0.1) is 0 Å². The SMILES string of the molecule is NCc1ccc(BP)cc1. The third-order valence-corrected chi connectivity index (χ3v) is 1.97. The lowest BCUT2D eigenvalue weighted by molar-refractivity contribution is 1.07. The summed E-state index contributed by atoms with van der Waals surface area (Å²) >= 11 is 0. The Kier molecular flexibility index (Phi) is 2.92. The number of hydrogen-bond donors (Lipinski definition) is 1. The maximum Gasteiger partial charge on any atom is 0.180 e. The van der Waals surface area contributed by atoms with E-state index in [2.05, 4.69) is 33.4 Å². The van der Waals surface area contributed by atoms with Crippen LogP contribution >= 0.6 is 9.12 Å². The highest BCUT2D eigenvalue weighted by Crippen LogP contribution is 1.94. The molecule has 0 spiro atoms. The van der Waals surface area contributed by atoms with Crippen LogP contribution in [0.1, 0.15) is 5.56 Å². The van der Waals surface area contributed by atoms with Crippen molar-refractivity contribution in [2.45, 2.75) is 6.54 Å². The van der Waals surface area contributed by atoms with E-state index in [1.165, 1.54) is 11.0 Å². The molecule has 0 saturated heterocycles. The van der Waals surface area contributed by atoms with Crippen LogP contribution in [-0.4, -0.2) is 7.00 Å². The first-order valence-electron chi connectivity index (χ1n) is 3.34. The highest BCUT2D eigenvalue weighted by atomic mass is 31.0. The second-order valence-corrected chi connectivity index (χ2v) is 2.63. The van der Waals surface area contributed by atoms with Crippen LogP contribution in [0.25, 0.3) is 0 Å². The fourth-order valence-corrected chi connectivity index (χ4v) is 1.08. The van der Waals surface area contributed by atoms with Gasteiger partial charge >= 0.3 is 0 Å². The molecule has 0 fully saturated rings. The molecule has 0 aliphatic heterocycles. The zero-order valence-electron chi connectivity index (χ0n) is 5.88. The molecule has 0 aromatic heterocycles. The highest BCUT2D eigenvalue weighted by Gasteiger charge is 1.89. The summed E-state index contributed by atoms with van der Waals surface area (Å²) in [6.45, 7) is 1.65. The Morgan fingerprint density at radius 3 is 2.30 bits per heavy atom. The number of nitrogens with two attached hydrogens (primary N) is 1. The Morgan fingerprint density at radius 2 is 1.90 bits per heavy atom. The van der Waals surface area contributed by atoms with E-state index in [9.17, 15) is 0 Å². The van der Waals surface area contributed by atoms with E-state index in [-0.39, 0.29) is 0 Å². The fraction of sp³-hybridized carbons (Fsp3) is 0.143. The second kappa shape index (κ2) is 3.75. The summed E-state index contributed by atoms with van der Waals surface area (Å²) in [5.41, 5.74) is 7.97. The minimum absolute atomic E-state index is 0.636. The summed E-state index contributed by atoms with van der Waals surface area (Å²) in [7, 11) is 2.69. The van der Waals surface area contributed by atoms with Crippen molar-refractivity contribution in [1.29, 1.82) is 0 Å². The first-order valence-corrected chi connectivity index (χ1v) is 4.16. The minimum Gasteiger partial charge on any atom is -0.326 e. The fourth-order valence-electron chi connectivity index (χ4n) is 0.811. The van der Waals surface area contributed by atoms with E-state index in [0.717, 1.165) is 7.00 Å². The summed E-state index contributed by atoms with van der Waals surface area (Å²) in [4.78, 5) is 0. The van der Waals surface area contributed by atoms with E-state index >= 15 is 0 Å². The summed E-state index contributed by atoms with van der Waals surface area (Å²) in [5.74, 6) is 0. The maximum atomic E-state index is 5.44. The van der Waals surface area contributed by atoms with E-state index in [0.29, 0.717) is 6.54 Å². The van der Waals surface area contributed by atoms with Gasteiger partial charge in [0.15, 0.2) is 7.00 Å². The molecule has 1 atom stereocenters. The van der Waals surface area contributed by atoms with Gasteiger partial charge in [-0.1, -0.05) is 29.7 Å². The lowest BCUT2D eigenvalue weighted by Crippen LogP contribution is -2.08.